The molecular formula is C23H27N6OP. The second-order valence-electron chi connectivity index (χ2n) is 8.65. The number of aromatic amines is 1. The van der Waals surface area contributed by atoms with Gasteiger partial charge in [0.1, 0.15) is 7.14 Å². The largest absolute Gasteiger partial charge is 0.360 e. The van der Waals surface area contributed by atoms with Crippen molar-refractivity contribution in [3.8, 4) is 17.3 Å². The number of aryl methyl sites for hydroxylation is 1. The van der Waals surface area contributed by atoms with E-state index in [9.17, 15) is 9.83 Å². The number of H-pyrrole nitrogens is 1. The lowest BCUT2D eigenvalue weighted by atomic mass is 10.1. The van der Waals surface area contributed by atoms with Gasteiger partial charge in [0.15, 0.2) is 0 Å². The number of hydrogen-bond acceptors (Lipinski definition) is 6. The molecule has 0 bridgehead atoms. The lowest BCUT2D eigenvalue weighted by molar-refractivity contribution is 0.478. The second kappa shape index (κ2) is 8.11. The van der Waals surface area contributed by atoms with Crippen LogP contribution in [0.15, 0.2) is 24.5 Å². The molecule has 0 spiro atoms. The highest BCUT2D eigenvalue weighted by Crippen LogP contribution is 2.53. The Hall–Kier alpha value is -2.68. The molecule has 2 aromatic heterocycles. The molecule has 0 radical (unpaired) electrons. The van der Waals surface area contributed by atoms with Crippen LogP contribution < -0.4 is 15.9 Å². The Balaban J connectivity index is 1.59. The summed E-state index contributed by atoms with van der Waals surface area (Å²) in [5.41, 5.74) is 4.14. The van der Waals surface area contributed by atoms with Crippen molar-refractivity contribution >= 4 is 29.3 Å². The molecule has 0 amide bonds. The molecule has 160 valence electrons. The molecule has 2 aliphatic heterocycles. The molecule has 0 saturated carbocycles. The van der Waals surface area contributed by atoms with Gasteiger partial charge in [0.05, 0.1) is 28.1 Å². The van der Waals surface area contributed by atoms with Gasteiger partial charge in [-0.1, -0.05) is 6.07 Å². The second-order valence-corrected chi connectivity index (χ2v) is 11.8. The van der Waals surface area contributed by atoms with Gasteiger partial charge in [0.25, 0.3) is 0 Å². The summed E-state index contributed by atoms with van der Waals surface area (Å²) in [6, 6.07) is 6.36. The van der Waals surface area contributed by atoms with Crippen LogP contribution in [0.1, 0.15) is 36.8 Å². The first-order valence-electron chi connectivity index (χ1n) is 11.0. The number of benzene rings is 1. The Morgan fingerprint density at radius 2 is 2.10 bits per heavy atom. The van der Waals surface area contributed by atoms with Crippen molar-refractivity contribution in [1.29, 1.82) is 5.26 Å². The monoisotopic (exact) mass is 434 g/mol. The van der Waals surface area contributed by atoms with E-state index in [0.29, 0.717) is 29.9 Å². The van der Waals surface area contributed by atoms with Crippen molar-refractivity contribution in [2.75, 3.05) is 30.7 Å². The molecule has 31 heavy (non-hydrogen) atoms. The molecule has 0 aliphatic carbocycles. The minimum atomic E-state index is -2.55. The van der Waals surface area contributed by atoms with Gasteiger partial charge in [0.2, 0.25) is 5.95 Å². The van der Waals surface area contributed by atoms with Crippen LogP contribution in [0.25, 0.3) is 22.2 Å². The number of fused-ring (bicyclic) bond motifs is 1. The number of nitriles is 1. The molecule has 1 atom stereocenters. The fraction of sp³-hybridized carbons (Fsp3) is 0.435. The summed E-state index contributed by atoms with van der Waals surface area (Å²) in [4.78, 5) is 12.7. The number of nitrogens with zero attached hydrogens (tertiary/aromatic N) is 3. The van der Waals surface area contributed by atoms with Gasteiger partial charge >= 0.3 is 0 Å². The Labute approximate surface area is 182 Å². The lowest BCUT2D eigenvalue weighted by Gasteiger charge is -2.24. The minimum absolute atomic E-state index is 0.324. The number of anilines is 1. The van der Waals surface area contributed by atoms with Crippen LogP contribution in [0.3, 0.4) is 0 Å². The summed E-state index contributed by atoms with van der Waals surface area (Å²) in [6.45, 7) is 3.98. The summed E-state index contributed by atoms with van der Waals surface area (Å²) in [7, 11) is -2.55. The van der Waals surface area contributed by atoms with Crippen LogP contribution in [-0.4, -0.2) is 46.4 Å². The first kappa shape index (κ1) is 20.2. The maximum atomic E-state index is 13.7. The summed E-state index contributed by atoms with van der Waals surface area (Å²) < 4.78 is 13.7. The third-order valence-corrected chi connectivity index (χ3v) is 9.86. The van der Waals surface area contributed by atoms with Gasteiger partial charge in [0, 0.05) is 48.3 Å². The van der Waals surface area contributed by atoms with E-state index in [4.69, 9.17) is 4.98 Å². The van der Waals surface area contributed by atoms with E-state index in [-0.39, 0.29) is 0 Å². The molecule has 8 heteroatoms. The summed E-state index contributed by atoms with van der Waals surface area (Å²) in [6.07, 6.45) is 9.31. The fourth-order valence-corrected chi connectivity index (χ4v) is 8.20. The Kier molecular flexibility index (Phi) is 5.29. The van der Waals surface area contributed by atoms with Crippen molar-refractivity contribution in [2.45, 2.75) is 38.6 Å². The molecule has 0 unspecified atom stereocenters. The average Bonchev–Trinajstić information content (AvgIpc) is 3.42. The van der Waals surface area contributed by atoms with Crippen molar-refractivity contribution in [1.82, 2.24) is 20.3 Å². The van der Waals surface area contributed by atoms with E-state index in [2.05, 4.69) is 26.7 Å². The highest BCUT2D eigenvalue weighted by molar-refractivity contribution is 7.72. The van der Waals surface area contributed by atoms with E-state index < -0.39 is 7.14 Å². The van der Waals surface area contributed by atoms with Crippen LogP contribution in [0.2, 0.25) is 0 Å². The van der Waals surface area contributed by atoms with E-state index in [1.165, 1.54) is 0 Å². The third kappa shape index (κ3) is 3.64. The minimum Gasteiger partial charge on any atom is -0.360 e. The lowest BCUT2D eigenvalue weighted by Crippen LogP contribution is -2.38. The van der Waals surface area contributed by atoms with Crippen molar-refractivity contribution < 1.29 is 4.57 Å². The van der Waals surface area contributed by atoms with Crippen LogP contribution in [0, 0.1) is 18.3 Å². The van der Waals surface area contributed by atoms with Gasteiger partial charge < -0.3 is 20.2 Å². The summed E-state index contributed by atoms with van der Waals surface area (Å²) in [5, 5.41) is 18.2. The third-order valence-electron chi connectivity index (χ3n) is 6.50. The molecule has 4 heterocycles. The zero-order chi connectivity index (χ0) is 21.4. The van der Waals surface area contributed by atoms with Gasteiger partial charge in [-0.3, -0.25) is 0 Å². The maximum Gasteiger partial charge on any atom is 0.223 e. The van der Waals surface area contributed by atoms with Gasteiger partial charge in [-0.2, -0.15) is 5.26 Å². The van der Waals surface area contributed by atoms with Crippen molar-refractivity contribution in [2.24, 2.45) is 0 Å². The van der Waals surface area contributed by atoms with Crippen LogP contribution in [0.4, 0.5) is 5.95 Å². The van der Waals surface area contributed by atoms with Gasteiger partial charge in [-0.25, -0.2) is 9.97 Å². The molecule has 2 aliphatic rings. The first-order valence-corrected chi connectivity index (χ1v) is 13.1. The molecular weight excluding hydrogens is 407 g/mol. The van der Waals surface area contributed by atoms with Crippen LogP contribution >= 0.6 is 7.14 Å². The van der Waals surface area contributed by atoms with E-state index in [1.807, 2.05) is 31.5 Å². The molecule has 3 aromatic rings. The predicted octanol–water partition coefficient (Wildman–Crippen LogP) is 3.75. The van der Waals surface area contributed by atoms with E-state index >= 15 is 0 Å². The first-order chi connectivity index (χ1) is 15.1. The van der Waals surface area contributed by atoms with Crippen molar-refractivity contribution in [3.63, 3.8) is 0 Å². The highest BCUT2D eigenvalue weighted by atomic mass is 31.2. The normalized spacial score (nSPS) is 20.6. The van der Waals surface area contributed by atoms with Gasteiger partial charge in [-0.05, 0) is 50.8 Å². The predicted molar refractivity (Wildman–Crippen MR) is 124 cm³/mol. The topological polar surface area (TPSA) is 106 Å². The molecule has 7 nitrogen and oxygen atoms in total. The Morgan fingerprint density at radius 1 is 1.26 bits per heavy atom. The molecule has 5 rings (SSSR count). The number of nitrogens with one attached hydrogen (secondary N) is 3. The fourth-order valence-electron chi connectivity index (χ4n) is 4.90. The number of hydrogen-bond donors (Lipinski definition) is 3. The standard InChI is InChI=1S/C23H27N6OP/c1-15-12-27-23(28-17-5-4-8-25-13-17)29-20(15)19-14-26-21-18(19)7-6-16(11-24)22(21)31(30)9-2-3-10-31/h6-7,12,14,17,25-26H,2-5,8-10,13H2,1H3,(H,27,28,29)/t17-/m0/s1. The van der Waals surface area contributed by atoms with Crippen LogP contribution in [-0.2, 0) is 4.57 Å². The zero-order valence-electron chi connectivity index (χ0n) is 17.7. The molecule has 3 N–H and O–H groups in total. The van der Waals surface area contributed by atoms with Crippen molar-refractivity contribution in [3.05, 3.63) is 35.7 Å². The van der Waals surface area contributed by atoms with Gasteiger partial charge in [-0.15, -0.1) is 0 Å². The number of piperidine rings is 1. The van der Waals surface area contributed by atoms with E-state index in [0.717, 1.165) is 71.8 Å². The SMILES string of the molecule is Cc1cnc(N[C@H]2CCCNC2)nc1-c1c[nH]c2c(P3(=O)CCCC3)c(C#N)ccc12. The Morgan fingerprint density at radius 3 is 2.84 bits per heavy atom. The van der Waals surface area contributed by atoms with E-state index in [1.54, 1.807) is 0 Å². The smallest absolute Gasteiger partial charge is 0.223 e. The highest BCUT2D eigenvalue weighted by Gasteiger charge is 2.34. The zero-order valence-corrected chi connectivity index (χ0v) is 18.6. The number of rotatable bonds is 4. The molecule has 1 aromatic carbocycles. The Bertz CT molecular complexity index is 1210. The maximum absolute atomic E-state index is 13.7. The molecule has 2 fully saturated rings. The van der Waals surface area contributed by atoms with Crippen LogP contribution in [0.5, 0.6) is 0 Å². The quantitative estimate of drug-likeness (QED) is 0.540. The molecule has 2 saturated heterocycles. The summed E-state index contributed by atoms with van der Waals surface area (Å²) >= 11 is 0. The summed E-state index contributed by atoms with van der Waals surface area (Å²) in [5.74, 6) is 0.626. The average molecular weight is 434 g/mol. The number of aromatic nitrogens is 3.